The number of aliphatic hydroxyl groups is 1. The molecule has 1 N–H and O–H groups in total. The highest BCUT2D eigenvalue weighted by atomic mass is 16.3. The summed E-state index contributed by atoms with van der Waals surface area (Å²) in [6.07, 6.45) is 3.07. The Morgan fingerprint density at radius 3 is 2.62 bits per heavy atom. The van der Waals surface area contributed by atoms with Crippen molar-refractivity contribution < 1.29 is 5.11 Å². The van der Waals surface area contributed by atoms with Crippen molar-refractivity contribution in [2.24, 2.45) is 0 Å². The Kier molecular flexibility index (Phi) is 3.71. The van der Waals surface area contributed by atoms with E-state index in [0.717, 1.165) is 12.0 Å². The second kappa shape index (κ2) is 4.83. The highest BCUT2D eigenvalue weighted by Gasteiger charge is 2.10. The lowest BCUT2D eigenvalue weighted by atomic mass is 10.1. The van der Waals surface area contributed by atoms with E-state index < -0.39 is 0 Å². The zero-order valence-electron chi connectivity index (χ0n) is 8.25. The molecule has 70 valence electrons. The molecule has 0 heterocycles. The molecule has 0 unspecified atom stereocenters. The molecule has 2 rings (SSSR count). The zero-order chi connectivity index (χ0) is 9.68. The summed E-state index contributed by atoms with van der Waals surface area (Å²) in [7, 11) is 0. The lowest BCUT2D eigenvalue weighted by molar-refractivity contribution is 0.350. The van der Waals surface area contributed by atoms with Gasteiger partial charge in [-0.2, -0.15) is 0 Å². The van der Waals surface area contributed by atoms with Crippen LogP contribution in [0.3, 0.4) is 0 Å². The molecular weight excluding hydrogens is 160 g/mol. The van der Waals surface area contributed by atoms with E-state index in [2.05, 4.69) is 18.2 Å². The Hall–Kier alpha value is -1.08. The fourth-order valence-electron chi connectivity index (χ4n) is 1.50. The quantitative estimate of drug-likeness (QED) is 0.697. The van der Waals surface area contributed by atoms with Crippen molar-refractivity contribution in [1.29, 1.82) is 0 Å². The van der Waals surface area contributed by atoms with Gasteiger partial charge in [0.15, 0.2) is 0 Å². The van der Waals surface area contributed by atoms with E-state index >= 15 is 0 Å². The van der Waals surface area contributed by atoms with E-state index in [-0.39, 0.29) is 6.61 Å². The number of hydrogen-bond donors (Lipinski definition) is 1. The van der Waals surface area contributed by atoms with Crippen LogP contribution in [-0.2, 0) is 6.42 Å². The lowest BCUT2D eigenvalue weighted by Gasteiger charge is -2.00. The third kappa shape index (κ3) is 1.99. The molecule has 0 aliphatic heterocycles. The summed E-state index contributed by atoms with van der Waals surface area (Å²) in [5.41, 5.74) is 3.62. The second-order valence-electron chi connectivity index (χ2n) is 2.75. The summed E-state index contributed by atoms with van der Waals surface area (Å²) in [4.78, 5) is 0. The predicted octanol–water partition coefficient (Wildman–Crippen LogP) is 2.64. The summed E-state index contributed by atoms with van der Waals surface area (Å²) in [6, 6.07) is 8.21. The van der Waals surface area contributed by atoms with E-state index in [4.69, 9.17) is 5.11 Å². The van der Waals surface area contributed by atoms with Crippen LogP contribution in [0.5, 0.6) is 0 Å². The first-order valence-electron chi connectivity index (χ1n) is 4.80. The summed E-state index contributed by atoms with van der Waals surface area (Å²) in [5.74, 6) is 0. The molecule has 0 aromatic heterocycles. The summed E-state index contributed by atoms with van der Waals surface area (Å²) < 4.78 is 0. The highest BCUT2D eigenvalue weighted by molar-refractivity contribution is 5.73. The molecule has 0 atom stereocenters. The van der Waals surface area contributed by atoms with Gasteiger partial charge in [0.1, 0.15) is 0 Å². The van der Waals surface area contributed by atoms with Crippen molar-refractivity contribution in [3.8, 4) is 0 Å². The molecule has 13 heavy (non-hydrogen) atoms. The summed E-state index contributed by atoms with van der Waals surface area (Å²) in [5, 5.41) is 8.94. The number of allylic oxidation sites excluding steroid dienone is 1. The van der Waals surface area contributed by atoms with Crippen LogP contribution in [0.25, 0.3) is 5.57 Å². The fourth-order valence-corrected chi connectivity index (χ4v) is 1.50. The van der Waals surface area contributed by atoms with Crippen molar-refractivity contribution >= 4 is 5.57 Å². The SMILES string of the molecule is CC.OCC1=CCc2ccccc21. The molecule has 1 aliphatic rings. The number of aliphatic hydroxyl groups excluding tert-OH is 1. The van der Waals surface area contributed by atoms with E-state index in [1.165, 1.54) is 11.1 Å². The first kappa shape index (κ1) is 10.0. The number of rotatable bonds is 1. The minimum Gasteiger partial charge on any atom is -0.392 e. The van der Waals surface area contributed by atoms with Gasteiger partial charge < -0.3 is 5.11 Å². The van der Waals surface area contributed by atoms with Crippen LogP contribution in [0.2, 0.25) is 0 Å². The standard InChI is InChI=1S/C10H10O.C2H6/c11-7-9-6-5-8-3-1-2-4-10(8)9;1-2/h1-4,6,11H,5,7H2;1-2H3. The fraction of sp³-hybridized carbons (Fsp3) is 0.333. The zero-order valence-corrected chi connectivity index (χ0v) is 8.25. The van der Waals surface area contributed by atoms with Crippen molar-refractivity contribution in [1.82, 2.24) is 0 Å². The maximum Gasteiger partial charge on any atom is 0.0684 e. The molecule has 0 bridgehead atoms. The van der Waals surface area contributed by atoms with Gasteiger partial charge in [-0.05, 0) is 23.1 Å². The van der Waals surface area contributed by atoms with E-state index in [1.807, 2.05) is 26.0 Å². The molecule has 1 aromatic rings. The second-order valence-corrected chi connectivity index (χ2v) is 2.75. The van der Waals surface area contributed by atoms with Crippen LogP contribution in [-0.4, -0.2) is 11.7 Å². The molecule has 1 aromatic carbocycles. The largest absolute Gasteiger partial charge is 0.392 e. The lowest BCUT2D eigenvalue weighted by Crippen LogP contribution is -1.87. The van der Waals surface area contributed by atoms with Crippen LogP contribution in [0, 0.1) is 0 Å². The van der Waals surface area contributed by atoms with Crippen molar-refractivity contribution in [2.75, 3.05) is 6.61 Å². The van der Waals surface area contributed by atoms with Gasteiger partial charge in [0.05, 0.1) is 6.61 Å². The number of fused-ring (bicyclic) bond motifs is 1. The monoisotopic (exact) mass is 176 g/mol. The summed E-state index contributed by atoms with van der Waals surface area (Å²) in [6.45, 7) is 4.16. The number of benzene rings is 1. The number of hydrogen-bond acceptors (Lipinski definition) is 1. The third-order valence-electron chi connectivity index (χ3n) is 2.10. The van der Waals surface area contributed by atoms with E-state index in [1.54, 1.807) is 0 Å². The Morgan fingerprint density at radius 1 is 1.23 bits per heavy atom. The van der Waals surface area contributed by atoms with Gasteiger partial charge in [-0.3, -0.25) is 0 Å². The Balaban J connectivity index is 0.000000396. The Labute approximate surface area is 79.7 Å². The molecule has 1 nitrogen and oxygen atoms in total. The predicted molar refractivity (Wildman–Crippen MR) is 56.6 cm³/mol. The van der Waals surface area contributed by atoms with Crippen LogP contribution in [0.4, 0.5) is 0 Å². The maximum absolute atomic E-state index is 8.94. The molecular formula is C12H16O. The first-order chi connectivity index (χ1) is 6.42. The van der Waals surface area contributed by atoms with Gasteiger partial charge in [0, 0.05) is 0 Å². The molecule has 0 saturated carbocycles. The van der Waals surface area contributed by atoms with Gasteiger partial charge in [-0.1, -0.05) is 44.2 Å². The normalized spacial score (nSPS) is 12.7. The minimum absolute atomic E-state index is 0.164. The van der Waals surface area contributed by atoms with Crippen molar-refractivity contribution in [2.45, 2.75) is 20.3 Å². The first-order valence-corrected chi connectivity index (χ1v) is 4.80. The molecule has 1 aliphatic carbocycles. The molecule has 0 fully saturated rings. The molecule has 0 radical (unpaired) electrons. The van der Waals surface area contributed by atoms with Crippen molar-refractivity contribution in [3.63, 3.8) is 0 Å². The molecule has 1 heteroatoms. The third-order valence-corrected chi connectivity index (χ3v) is 2.10. The average Bonchev–Trinajstić information content (AvgIpc) is 2.64. The van der Waals surface area contributed by atoms with Gasteiger partial charge in [-0.25, -0.2) is 0 Å². The molecule has 0 spiro atoms. The smallest absolute Gasteiger partial charge is 0.0684 e. The maximum atomic E-state index is 8.94. The Bertz CT molecular complexity index is 300. The van der Waals surface area contributed by atoms with Crippen LogP contribution in [0.15, 0.2) is 30.3 Å². The molecule has 0 amide bonds. The van der Waals surface area contributed by atoms with Crippen molar-refractivity contribution in [3.05, 3.63) is 41.5 Å². The van der Waals surface area contributed by atoms with E-state index in [0.29, 0.717) is 0 Å². The highest BCUT2D eigenvalue weighted by Crippen LogP contribution is 2.25. The summed E-state index contributed by atoms with van der Waals surface area (Å²) >= 11 is 0. The van der Waals surface area contributed by atoms with Gasteiger partial charge >= 0.3 is 0 Å². The Morgan fingerprint density at radius 2 is 1.92 bits per heavy atom. The van der Waals surface area contributed by atoms with Crippen LogP contribution < -0.4 is 0 Å². The van der Waals surface area contributed by atoms with Crippen LogP contribution >= 0.6 is 0 Å². The van der Waals surface area contributed by atoms with Gasteiger partial charge in [0.25, 0.3) is 0 Å². The molecule has 0 saturated heterocycles. The van der Waals surface area contributed by atoms with Crippen LogP contribution in [0.1, 0.15) is 25.0 Å². The van der Waals surface area contributed by atoms with Gasteiger partial charge in [0.2, 0.25) is 0 Å². The van der Waals surface area contributed by atoms with E-state index in [9.17, 15) is 0 Å². The van der Waals surface area contributed by atoms with Gasteiger partial charge in [-0.15, -0.1) is 0 Å². The average molecular weight is 176 g/mol. The minimum atomic E-state index is 0.164. The topological polar surface area (TPSA) is 20.2 Å².